The third-order valence-electron chi connectivity index (χ3n) is 5.01. The number of aryl methyl sites for hydroxylation is 1. The van der Waals surface area contributed by atoms with Gasteiger partial charge in [0.1, 0.15) is 6.04 Å². The van der Waals surface area contributed by atoms with Crippen LogP contribution in [0.1, 0.15) is 41.9 Å². The number of nitrogens with one attached hydrogen (secondary N) is 1. The van der Waals surface area contributed by atoms with E-state index in [2.05, 4.69) is 24.1 Å². The fourth-order valence-electron chi connectivity index (χ4n) is 3.45. The van der Waals surface area contributed by atoms with Crippen LogP contribution in [0.25, 0.3) is 0 Å². The van der Waals surface area contributed by atoms with Gasteiger partial charge in [-0.1, -0.05) is 37.6 Å². The highest BCUT2D eigenvalue weighted by molar-refractivity contribution is 8.00. The van der Waals surface area contributed by atoms with E-state index < -0.39 is 6.04 Å². The number of aromatic nitrogens is 1. The minimum Gasteiger partial charge on any atom is -0.354 e. The number of carbonyl (C=O) groups is 2. The molecule has 1 aliphatic heterocycles. The Morgan fingerprint density at radius 3 is 2.62 bits per heavy atom. The van der Waals surface area contributed by atoms with E-state index in [0.717, 1.165) is 17.7 Å². The van der Waals surface area contributed by atoms with Crippen molar-refractivity contribution in [1.29, 1.82) is 0 Å². The third kappa shape index (κ3) is 5.60. The van der Waals surface area contributed by atoms with Crippen LogP contribution in [0.2, 0.25) is 0 Å². The van der Waals surface area contributed by atoms with E-state index in [1.54, 1.807) is 22.9 Å². The molecular formula is C23H29N3O2S. The van der Waals surface area contributed by atoms with Crippen LogP contribution in [0.5, 0.6) is 0 Å². The molecule has 3 rings (SSSR count). The SMILES string of the molecule is Cc1ccc(C(=O)N2C(CC(C)C)SCC2C(=O)NCCc2ccccn2)cc1. The first-order valence-electron chi connectivity index (χ1n) is 10.1. The standard InChI is InChI=1S/C23H29N3O2S/c1-16(2)14-21-26(23(28)18-9-7-17(3)8-10-18)20(15-29-21)22(27)25-13-11-19-6-4-5-12-24-19/h4-10,12,16,20-21H,11,13-15H2,1-3H3,(H,25,27). The normalized spacial score (nSPS) is 18.8. The minimum atomic E-state index is -0.443. The maximum Gasteiger partial charge on any atom is 0.255 e. The van der Waals surface area contributed by atoms with Crippen molar-refractivity contribution in [3.63, 3.8) is 0 Å². The average Bonchev–Trinajstić information content (AvgIpc) is 3.11. The van der Waals surface area contributed by atoms with Gasteiger partial charge >= 0.3 is 0 Å². The summed E-state index contributed by atoms with van der Waals surface area (Å²) in [6.45, 7) is 6.81. The van der Waals surface area contributed by atoms with Crippen molar-refractivity contribution in [1.82, 2.24) is 15.2 Å². The van der Waals surface area contributed by atoms with Crippen molar-refractivity contribution in [3.05, 3.63) is 65.5 Å². The zero-order valence-corrected chi connectivity index (χ0v) is 18.1. The molecule has 154 valence electrons. The van der Waals surface area contributed by atoms with E-state index in [1.807, 2.05) is 49.4 Å². The molecule has 1 aromatic carbocycles. The molecule has 2 atom stereocenters. The van der Waals surface area contributed by atoms with Crippen molar-refractivity contribution in [2.24, 2.45) is 5.92 Å². The Morgan fingerprint density at radius 1 is 1.21 bits per heavy atom. The predicted molar refractivity (Wildman–Crippen MR) is 118 cm³/mol. The Kier molecular flexibility index (Phi) is 7.31. The summed E-state index contributed by atoms with van der Waals surface area (Å²) in [6, 6.07) is 12.9. The Labute approximate surface area is 177 Å². The molecule has 1 N–H and O–H groups in total. The molecule has 1 saturated heterocycles. The number of thioether (sulfide) groups is 1. The highest BCUT2D eigenvalue weighted by Gasteiger charge is 2.41. The van der Waals surface area contributed by atoms with Gasteiger partial charge in [0, 0.05) is 36.2 Å². The van der Waals surface area contributed by atoms with Gasteiger partial charge in [0.2, 0.25) is 5.91 Å². The molecule has 1 aromatic heterocycles. The van der Waals surface area contributed by atoms with Gasteiger partial charge < -0.3 is 10.2 Å². The summed E-state index contributed by atoms with van der Waals surface area (Å²) in [7, 11) is 0. The van der Waals surface area contributed by atoms with Crippen LogP contribution >= 0.6 is 11.8 Å². The second kappa shape index (κ2) is 9.92. The molecule has 2 amide bonds. The molecule has 0 saturated carbocycles. The van der Waals surface area contributed by atoms with E-state index in [-0.39, 0.29) is 17.2 Å². The molecule has 0 bridgehead atoms. The van der Waals surface area contributed by atoms with Gasteiger partial charge in [-0.3, -0.25) is 14.6 Å². The topological polar surface area (TPSA) is 62.3 Å². The Bertz CT molecular complexity index is 824. The first-order valence-corrected chi connectivity index (χ1v) is 11.2. The number of carbonyl (C=O) groups excluding carboxylic acids is 2. The Hall–Kier alpha value is -2.34. The van der Waals surface area contributed by atoms with Gasteiger partial charge in [0.25, 0.3) is 5.91 Å². The second-order valence-electron chi connectivity index (χ2n) is 7.87. The lowest BCUT2D eigenvalue weighted by Crippen LogP contribution is -2.50. The molecule has 2 heterocycles. The summed E-state index contributed by atoms with van der Waals surface area (Å²) in [5.41, 5.74) is 2.69. The van der Waals surface area contributed by atoms with Crippen LogP contribution in [0.4, 0.5) is 0 Å². The van der Waals surface area contributed by atoms with Crippen molar-refractivity contribution in [2.45, 2.75) is 45.0 Å². The number of nitrogens with zero attached hydrogens (tertiary/aromatic N) is 2. The fraction of sp³-hybridized carbons (Fsp3) is 0.435. The summed E-state index contributed by atoms with van der Waals surface area (Å²) in [5.74, 6) is 0.933. The lowest BCUT2D eigenvalue weighted by Gasteiger charge is -2.30. The molecule has 2 unspecified atom stereocenters. The molecule has 2 aromatic rings. The molecule has 5 nitrogen and oxygen atoms in total. The molecular weight excluding hydrogens is 382 g/mol. The third-order valence-corrected chi connectivity index (χ3v) is 6.32. The van der Waals surface area contributed by atoms with E-state index in [4.69, 9.17) is 0 Å². The van der Waals surface area contributed by atoms with Gasteiger partial charge in [-0.15, -0.1) is 11.8 Å². The number of pyridine rings is 1. The lowest BCUT2D eigenvalue weighted by molar-refractivity contribution is -0.124. The van der Waals surface area contributed by atoms with Crippen LogP contribution in [0, 0.1) is 12.8 Å². The fourth-order valence-corrected chi connectivity index (χ4v) is 5.09. The van der Waals surface area contributed by atoms with Crippen molar-refractivity contribution in [3.8, 4) is 0 Å². The highest BCUT2D eigenvalue weighted by Crippen LogP contribution is 2.34. The number of rotatable bonds is 7. The summed E-state index contributed by atoms with van der Waals surface area (Å²) in [6.07, 6.45) is 3.30. The predicted octanol–water partition coefficient (Wildman–Crippen LogP) is 3.68. The zero-order valence-electron chi connectivity index (χ0n) is 17.3. The number of hydrogen-bond donors (Lipinski definition) is 1. The molecule has 6 heteroatoms. The summed E-state index contributed by atoms with van der Waals surface area (Å²) in [5, 5.41) is 3.03. The van der Waals surface area contributed by atoms with E-state index in [0.29, 0.717) is 30.2 Å². The highest BCUT2D eigenvalue weighted by atomic mass is 32.2. The molecule has 0 aliphatic carbocycles. The summed E-state index contributed by atoms with van der Waals surface area (Å²) >= 11 is 1.70. The average molecular weight is 412 g/mol. The first-order chi connectivity index (χ1) is 14.0. The minimum absolute atomic E-state index is 0.0235. The van der Waals surface area contributed by atoms with E-state index >= 15 is 0 Å². The van der Waals surface area contributed by atoms with Gasteiger partial charge in [0.05, 0.1) is 5.37 Å². The summed E-state index contributed by atoms with van der Waals surface area (Å²) in [4.78, 5) is 32.3. The number of hydrogen-bond acceptors (Lipinski definition) is 4. The van der Waals surface area contributed by atoms with Crippen molar-refractivity contribution >= 4 is 23.6 Å². The van der Waals surface area contributed by atoms with E-state index in [9.17, 15) is 9.59 Å². The largest absolute Gasteiger partial charge is 0.354 e. The van der Waals surface area contributed by atoms with Gasteiger partial charge in [-0.25, -0.2) is 0 Å². The Morgan fingerprint density at radius 2 is 1.97 bits per heavy atom. The Balaban J connectivity index is 1.70. The molecule has 0 spiro atoms. The van der Waals surface area contributed by atoms with Gasteiger partial charge in [-0.05, 0) is 43.5 Å². The maximum absolute atomic E-state index is 13.3. The number of amides is 2. The quantitative estimate of drug-likeness (QED) is 0.755. The van der Waals surface area contributed by atoms with Gasteiger partial charge in [0.15, 0.2) is 0 Å². The second-order valence-corrected chi connectivity index (χ2v) is 9.08. The van der Waals surface area contributed by atoms with Crippen LogP contribution in [0.3, 0.4) is 0 Å². The first kappa shape index (κ1) is 21.4. The summed E-state index contributed by atoms with van der Waals surface area (Å²) < 4.78 is 0. The molecule has 1 fully saturated rings. The zero-order chi connectivity index (χ0) is 20.8. The maximum atomic E-state index is 13.3. The van der Waals surface area contributed by atoms with Crippen LogP contribution < -0.4 is 5.32 Å². The van der Waals surface area contributed by atoms with E-state index in [1.165, 1.54) is 0 Å². The molecule has 29 heavy (non-hydrogen) atoms. The number of benzene rings is 1. The van der Waals surface area contributed by atoms with Crippen molar-refractivity contribution in [2.75, 3.05) is 12.3 Å². The molecule has 1 aliphatic rings. The van der Waals surface area contributed by atoms with Crippen LogP contribution in [-0.4, -0.2) is 45.4 Å². The lowest BCUT2D eigenvalue weighted by atomic mass is 10.1. The molecule has 0 radical (unpaired) electrons. The van der Waals surface area contributed by atoms with Gasteiger partial charge in [-0.2, -0.15) is 0 Å². The monoisotopic (exact) mass is 411 g/mol. The smallest absolute Gasteiger partial charge is 0.255 e. The van der Waals surface area contributed by atoms with Crippen molar-refractivity contribution < 1.29 is 9.59 Å². The van der Waals surface area contributed by atoms with Crippen LogP contribution in [0.15, 0.2) is 48.7 Å². The van der Waals surface area contributed by atoms with Crippen LogP contribution in [-0.2, 0) is 11.2 Å².